The molecule has 1 atom stereocenters. The normalized spacial score (nSPS) is 16.0. The van der Waals surface area contributed by atoms with Crippen LogP contribution in [-0.2, 0) is 6.54 Å². The Morgan fingerprint density at radius 1 is 1.22 bits per heavy atom. The number of hydrogen-bond acceptors (Lipinski definition) is 5. The minimum absolute atomic E-state index is 0.221. The summed E-state index contributed by atoms with van der Waals surface area (Å²) in [7, 11) is 0. The van der Waals surface area contributed by atoms with E-state index in [0.29, 0.717) is 5.92 Å². The van der Waals surface area contributed by atoms with Gasteiger partial charge in [-0.3, -0.25) is 4.68 Å². The van der Waals surface area contributed by atoms with Gasteiger partial charge in [0, 0.05) is 17.7 Å². The molecule has 120 valence electrons. The van der Waals surface area contributed by atoms with Crippen LogP contribution in [0.5, 0.6) is 0 Å². The van der Waals surface area contributed by atoms with Gasteiger partial charge in [0.1, 0.15) is 5.82 Å². The molecular formula is C16H21N7. The number of nitrogens with zero attached hydrogens (tertiary/aromatic N) is 6. The van der Waals surface area contributed by atoms with Crippen molar-refractivity contribution in [2.24, 2.45) is 0 Å². The van der Waals surface area contributed by atoms with Crippen molar-refractivity contribution in [1.82, 2.24) is 29.6 Å². The number of aryl methyl sites for hydroxylation is 2. The van der Waals surface area contributed by atoms with E-state index >= 15 is 0 Å². The molecule has 4 rings (SSSR count). The van der Waals surface area contributed by atoms with Crippen molar-refractivity contribution in [2.75, 3.05) is 5.32 Å². The third kappa shape index (κ3) is 2.78. The van der Waals surface area contributed by atoms with Gasteiger partial charge in [0.05, 0.1) is 12.2 Å². The highest BCUT2D eigenvalue weighted by molar-refractivity contribution is 5.44. The number of nitrogens with one attached hydrogen (secondary N) is 1. The van der Waals surface area contributed by atoms with Gasteiger partial charge >= 0.3 is 0 Å². The Balaban J connectivity index is 1.52. The molecule has 1 N–H and O–H groups in total. The first-order valence-electron chi connectivity index (χ1n) is 8.10. The molecule has 0 bridgehead atoms. The van der Waals surface area contributed by atoms with E-state index < -0.39 is 0 Å². The third-order valence-electron chi connectivity index (χ3n) is 4.17. The fourth-order valence-electron chi connectivity index (χ4n) is 2.90. The highest BCUT2D eigenvalue weighted by Crippen LogP contribution is 2.38. The Labute approximate surface area is 134 Å². The Hall–Kier alpha value is -2.44. The lowest BCUT2D eigenvalue weighted by Gasteiger charge is -2.15. The SMILES string of the molecule is Cc1cc(C)n(C[C@H](C)Nc2ccc3nnc(C4CC4)n3n2)n1. The van der Waals surface area contributed by atoms with E-state index in [2.05, 4.69) is 45.6 Å². The van der Waals surface area contributed by atoms with E-state index in [0.717, 1.165) is 29.5 Å². The zero-order chi connectivity index (χ0) is 16.0. The predicted octanol–water partition coefficient (Wildman–Crippen LogP) is 2.32. The zero-order valence-electron chi connectivity index (χ0n) is 13.7. The number of aromatic nitrogens is 6. The van der Waals surface area contributed by atoms with Crippen LogP contribution >= 0.6 is 0 Å². The second kappa shape index (κ2) is 5.33. The van der Waals surface area contributed by atoms with Gasteiger partial charge in [-0.15, -0.1) is 15.3 Å². The third-order valence-corrected chi connectivity index (χ3v) is 4.17. The summed E-state index contributed by atoms with van der Waals surface area (Å²) in [5.74, 6) is 2.35. The molecule has 0 spiro atoms. The van der Waals surface area contributed by atoms with Crippen molar-refractivity contribution in [3.63, 3.8) is 0 Å². The highest BCUT2D eigenvalue weighted by atomic mass is 15.4. The van der Waals surface area contributed by atoms with Crippen LogP contribution in [0.25, 0.3) is 5.65 Å². The van der Waals surface area contributed by atoms with Crippen molar-refractivity contribution >= 4 is 11.5 Å². The number of fused-ring (bicyclic) bond motifs is 1. The molecule has 0 saturated heterocycles. The average molecular weight is 311 g/mol. The minimum atomic E-state index is 0.221. The quantitative estimate of drug-likeness (QED) is 0.783. The van der Waals surface area contributed by atoms with Gasteiger partial charge < -0.3 is 5.32 Å². The van der Waals surface area contributed by atoms with Crippen LogP contribution in [0.1, 0.15) is 42.9 Å². The summed E-state index contributed by atoms with van der Waals surface area (Å²) in [6.45, 7) is 7.03. The highest BCUT2D eigenvalue weighted by Gasteiger charge is 2.29. The monoisotopic (exact) mass is 311 g/mol. The molecule has 7 nitrogen and oxygen atoms in total. The van der Waals surface area contributed by atoms with Crippen LogP contribution < -0.4 is 5.32 Å². The maximum Gasteiger partial charge on any atom is 0.178 e. The molecule has 0 unspecified atom stereocenters. The molecule has 1 aliphatic rings. The van der Waals surface area contributed by atoms with Gasteiger partial charge in [-0.25, -0.2) is 0 Å². The lowest BCUT2D eigenvalue weighted by molar-refractivity contribution is 0.543. The molecule has 0 amide bonds. The summed E-state index contributed by atoms with van der Waals surface area (Å²) >= 11 is 0. The summed E-state index contributed by atoms with van der Waals surface area (Å²) in [6, 6.07) is 6.23. The molecule has 23 heavy (non-hydrogen) atoms. The lowest BCUT2D eigenvalue weighted by Crippen LogP contribution is -2.24. The summed E-state index contributed by atoms with van der Waals surface area (Å²) in [5, 5.41) is 21.1. The van der Waals surface area contributed by atoms with E-state index in [9.17, 15) is 0 Å². The molecule has 3 aromatic heterocycles. The number of hydrogen-bond donors (Lipinski definition) is 1. The second-order valence-corrected chi connectivity index (χ2v) is 6.48. The molecule has 3 heterocycles. The van der Waals surface area contributed by atoms with Gasteiger partial charge in [0.25, 0.3) is 0 Å². The van der Waals surface area contributed by atoms with Gasteiger partial charge in [0.15, 0.2) is 11.5 Å². The first-order valence-corrected chi connectivity index (χ1v) is 8.10. The first kappa shape index (κ1) is 14.2. The van der Waals surface area contributed by atoms with E-state index in [1.54, 1.807) is 0 Å². The van der Waals surface area contributed by atoms with Crippen molar-refractivity contribution in [3.05, 3.63) is 35.4 Å². The zero-order valence-corrected chi connectivity index (χ0v) is 13.7. The summed E-state index contributed by atoms with van der Waals surface area (Å²) in [6.07, 6.45) is 2.38. The van der Waals surface area contributed by atoms with Gasteiger partial charge in [-0.2, -0.15) is 9.61 Å². The van der Waals surface area contributed by atoms with Crippen LogP contribution in [0.4, 0.5) is 5.82 Å². The Morgan fingerprint density at radius 2 is 2.04 bits per heavy atom. The predicted molar refractivity (Wildman–Crippen MR) is 87.5 cm³/mol. The molecule has 0 aliphatic heterocycles. The fourth-order valence-corrected chi connectivity index (χ4v) is 2.90. The first-order chi connectivity index (χ1) is 11.1. The summed E-state index contributed by atoms with van der Waals surface area (Å²) in [4.78, 5) is 0. The number of anilines is 1. The molecule has 3 aromatic rings. The molecule has 1 aliphatic carbocycles. The van der Waals surface area contributed by atoms with Crippen LogP contribution in [-0.4, -0.2) is 35.6 Å². The van der Waals surface area contributed by atoms with E-state index in [1.165, 1.54) is 18.5 Å². The van der Waals surface area contributed by atoms with Crippen LogP contribution in [0, 0.1) is 13.8 Å². The van der Waals surface area contributed by atoms with Crippen molar-refractivity contribution in [2.45, 2.75) is 52.1 Å². The summed E-state index contributed by atoms with van der Waals surface area (Å²) < 4.78 is 3.90. The molecule has 1 saturated carbocycles. The minimum Gasteiger partial charge on any atom is -0.364 e. The Kier molecular flexibility index (Phi) is 3.28. The van der Waals surface area contributed by atoms with Crippen LogP contribution in [0.2, 0.25) is 0 Å². The summed E-state index contributed by atoms with van der Waals surface area (Å²) in [5.41, 5.74) is 3.03. The maximum atomic E-state index is 4.66. The molecule has 1 fully saturated rings. The number of rotatable bonds is 5. The van der Waals surface area contributed by atoms with Gasteiger partial charge in [0.2, 0.25) is 0 Å². The van der Waals surface area contributed by atoms with Crippen molar-refractivity contribution < 1.29 is 0 Å². The van der Waals surface area contributed by atoms with Gasteiger partial charge in [-0.05, 0) is 51.8 Å². The smallest absolute Gasteiger partial charge is 0.178 e. The molecule has 7 heteroatoms. The molecular weight excluding hydrogens is 290 g/mol. The van der Waals surface area contributed by atoms with E-state index in [4.69, 9.17) is 0 Å². The van der Waals surface area contributed by atoms with Crippen molar-refractivity contribution in [3.8, 4) is 0 Å². The molecule has 0 aromatic carbocycles. The molecule has 0 radical (unpaired) electrons. The van der Waals surface area contributed by atoms with E-state index in [1.807, 2.05) is 28.3 Å². The Bertz CT molecular complexity index is 843. The lowest BCUT2D eigenvalue weighted by atomic mass is 10.3. The topological polar surface area (TPSA) is 72.9 Å². The van der Waals surface area contributed by atoms with Crippen LogP contribution in [0.15, 0.2) is 18.2 Å². The fraction of sp³-hybridized carbons (Fsp3) is 0.500. The van der Waals surface area contributed by atoms with E-state index in [-0.39, 0.29) is 6.04 Å². The average Bonchev–Trinajstić information content (AvgIpc) is 3.18. The van der Waals surface area contributed by atoms with Gasteiger partial charge in [-0.1, -0.05) is 0 Å². The second-order valence-electron chi connectivity index (χ2n) is 6.48. The maximum absolute atomic E-state index is 4.66. The Morgan fingerprint density at radius 3 is 2.74 bits per heavy atom. The van der Waals surface area contributed by atoms with Crippen LogP contribution in [0.3, 0.4) is 0 Å². The van der Waals surface area contributed by atoms with Crippen molar-refractivity contribution in [1.29, 1.82) is 0 Å². The largest absolute Gasteiger partial charge is 0.364 e. The standard InChI is InChI=1S/C16H21N7/c1-10-8-12(3)22(20-10)9-11(2)17-14-6-7-15-18-19-16(13-4-5-13)23(15)21-14/h6-8,11,13H,4-5,9H2,1-3H3,(H,17,21)/t11-/m0/s1.